The quantitative estimate of drug-likeness (QED) is 0.856. The topological polar surface area (TPSA) is 49.9 Å². The lowest BCUT2D eigenvalue weighted by Gasteiger charge is -2.35. The van der Waals surface area contributed by atoms with E-state index in [1.807, 2.05) is 4.90 Å². The monoisotopic (exact) mass is 330 g/mol. The Morgan fingerprint density at radius 3 is 2.25 bits per heavy atom. The van der Waals surface area contributed by atoms with Crippen molar-refractivity contribution in [3.8, 4) is 0 Å². The van der Waals surface area contributed by atoms with E-state index in [0.29, 0.717) is 43.5 Å². The molecule has 2 aliphatic rings. The molecular formula is C19H26N2O3. The maximum atomic E-state index is 12.8. The minimum absolute atomic E-state index is 0.0155. The van der Waals surface area contributed by atoms with Gasteiger partial charge in [-0.05, 0) is 49.9 Å². The lowest BCUT2D eigenvalue weighted by atomic mass is 9.98. The van der Waals surface area contributed by atoms with E-state index in [1.165, 1.54) is 6.42 Å². The summed E-state index contributed by atoms with van der Waals surface area (Å²) in [5.74, 6) is 0.105. The highest BCUT2D eigenvalue weighted by atomic mass is 16.5. The van der Waals surface area contributed by atoms with Gasteiger partial charge in [0, 0.05) is 36.8 Å². The van der Waals surface area contributed by atoms with Crippen LogP contribution in [0.2, 0.25) is 0 Å². The number of morpholine rings is 1. The van der Waals surface area contributed by atoms with Crippen molar-refractivity contribution >= 4 is 11.8 Å². The van der Waals surface area contributed by atoms with Crippen LogP contribution in [0.25, 0.3) is 0 Å². The standard InChI is InChI=1S/C19H26N2O3/c1-2-17-5-3-4-10-21(17)19(23)16-8-6-15(7-9-16)18(22)20-11-13-24-14-12-20/h6-9,17H,2-5,10-14H2,1H3. The number of rotatable bonds is 3. The van der Waals surface area contributed by atoms with Gasteiger partial charge in [0.1, 0.15) is 0 Å². The zero-order chi connectivity index (χ0) is 16.9. The highest BCUT2D eigenvalue weighted by molar-refractivity contribution is 5.98. The molecular weight excluding hydrogens is 304 g/mol. The van der Waals surface area contributed by atoms with E-state index in [9.17, 15) is 9.59 Å². The molecule has 0 N–H and O–H groups in total. The predicted octanol–water partition coefficient (Wildman–Crippen LogP) is 2.56. The van der Waals surface area contributed by atoms with Crippen molar-refractivity contribution in [3.63, 3.8) is 0 Å². The summed E-state index contributed by atoms with van der Waals surface area (Å²) < 4.78 is 5.28. The molecule has 0 bridgehead atoms. The Labute approximate surface area is 143 Å². The van der Waals surface area contributed by atoms with Crippen LogP contribution in [0.1, 0.15) is 53.3 Å². The Morgan fingerprint density at radius 1 is 1.00 bits per heavy atom. The molecule has 0 aromatic heterocycles. The number of hydrogen-bond acceptors (Lipinski definition) is 3. The highest BCUT2D eigenvalue weighted by Crippen LogP contribution is 2.22. The average molecular weight is 330 g/mol. The van der Waals surface area contributed by atoms with Crippen LogP contribution < -0.4 is 0 Å². The molecule has 5 nitrogen and oxygen atoms in total. The molecule has 0 spiro atoms. The first-order valence-corrected chi connectivity index (χ1v) is 8.98. The number of benzene rings is 1. The molecule has 1 aromatic rings. The van der Waals surface area contributed by atoms with E-state index >= 15 is 0 Å². The maximum absolute atomic E-state index is 12.8. The van der Waals surface area contributed by atoms with E-state index in [0.717, 1.165) is 25.8 Å². The number of amides is 2. The summed E-state index contributed by atoms with van der Waals surface area (Å²) >= 11 is 0. The lowest BCUT2D eigenvalue weighted by molar-refractivity contribution is 0.0302. The molecule has 1 atom stereocenters. The number of carbonyl (C=O) groups is 2. The van der Waals surface area contributed by atoms with Crippen molar-refractivity contribution in [2.24, 2.45) is 0 Å². The van der Waals surface area contributed by atoms with Gasteiger partial charge in [0.2, 0.25) is 0 Å². The van der Waals surface area contributed by atoms with Gasteiger partial charge >= 0.3 is 0 Å². The van der Waals surface area contributed by atoms with Gasteiger partial charge in [-0.2, -0.15) is 0 Å². The van der Waals surface area contributed by atoms with Gasteiger partial charge in [-0.25, -0.2) is 0 Å². The molecule has 0 radical (unpaired) electrons. The first-order valence-electron chi connectivity index (χ1n) is 8.98. The zero-order valence-corrected chi connectivity index (χ0v) is 14.4. The van der Waals surface area contributed by atoms with Crippen LogP contribution in [-0.2, 0) is 4.74 Å². The maximum Gasteiger partial charge on any atom is 0.254 e. The molecule has 24 heavy (non-hydrogen) atoms. The molecule has 130 valence electrons. The molecule has 2 heterocycles. The second-order valence-electron chi connectivity index (χ2n) is 6.54. The fraction of sp³-hybridized carbons (Fsp3) is 0.579. The Bertz CT molecular complexity index is 579. The van der Waals surface area contributed by atoms with Crippen LogP contribution in [0.4, 0.5) is 0 Å². The first-order chi connectivity index (χ1) is 11.7. The molecule has 3 rings (SSSR count). The van der Waals surface area contributed by atoms with Gasteiger partial charge in [0.25, 0.3) is 11.8 Å². The summed E-state index contributed by atoms with van der Waals surface area (Å²) in [7, 11) is 0. The minimum atomic E-state index is 0.0155. The third-order valence-corrected chi connectivity index (χ3v) is 5.04. The Hall–Kier alpha value is -1.88. The van der Waals surface area contributed by atoms with Gasteiger partial charge < -0.3 is 14.5 Å². The molecule has 1 unspecified atom stereocenters. The summed E-state index contributed by atoms with van der Waals surface area (Å²) in [5.41, 5.74) is 1.31. The fourth-order valence-corrected chi connectivity index (χ4v) is 3.56. The number of piperidine rings is 1. The number of ether oxygens (including phenoxy) is 1. The summed E-state index contributed by atoms with van der Waals surface area (Å²) in [6.07, 6.45) is 4.38. The van der Waals surface area contributed by atoms with Crippen LogP contribution in [0.3, 0.4) is 0 Å². The number of hydrogen-bond donors (Lipinski definition) is 0. The molecule has 2 amide bonds. The van der Waals surface area contributed by atoms with Crippen molar-refractivity contribution < 1.29 is 14.3 Å². The number of likely N-dealkylation sites (tertiary alicyclic amines) is 1. The zero-order valence-electron chi connectivity index (χ0n) is 14.4. The van der Waals surface area contributed by atoms with Crippen molar-refractivity contribution in [3.05, 3.63) is 35.4 Å². The van der Waals surface area contributed by atoms with E-state index in [2.05, 4.69) is 6.92 Å². The highest BCUT2D eigenvalue weighted by Gasteiger charge is 2.26. The van der Waals surface area contributed by atoms with Crippen molar-refractivity contribution in [2.45, 2.75) is 38.6 Å². The molecule has 0 saturated carbocycles. The summed E-state index contributed by atoms with van der Waals surface area (Å²) in [6.45, 7) is 5.43. The molecule has 0 aliphatic carbocycles. The molecule has 1 aromatic carbocycles. The third-order valence-electron chi connectivity index (χ3n) is 5.04. The molecule has 2 fully saturated rings. The summed E-state index contributed by atoms with van der Waals surface area (Å²) in [6, 6.07) is 7.47. The largest absolute Gasteiger partial charge is 0.378 e. The smallest absolute Gasteiger partial charge is 0.254 e. The van der Waals surface area contributed by atoms with Gasteiger partial charge in [-0.3, -0.25) is 9.59 Å². The Balaban J connectivity index is 1.69. The number of carbonyl (C=O) groups excluding carboxylic acids is 2. The van der Waals surface area contributed by atoms with Crippen LogP contribution in [0.5, 0.6) is 0 Å². The Morgan fingerprint density at radius 2 is 1.62 bits per heavy atom. The Kier molecular flexibility index (Phi) is 5.51. The van der Waals surface area contributed by atoms with Crippen molar-refractivity contribution in [1.82, 2.24) is 9.80 Å². The average Bonchev–Trinajstić information content (AvgIpc) is 2.67. The van der Waals surface area contributed by atoms with Crippen LogP contribution in [0, 0.1) is 0 Å². The summed E-state index contributed by atoms with van der Waals surface area (Å²) in [4.78, 5) is 29.0. The van der Waals surface area contributed by atoms with Gasteiger partial charge in [-0.15, -0.1) is 0 Å². The SMILES string of the molecule is CCC1CCCCN1C(=O)c1ccc(C(=O)N2CCOCC2)cc1. The van der Waals surface area contributed by atoms with E-state index in [4.69, 9.17) is 4.74 Å². The minimum Gasteiger partial charge on any atom is -0.378 e. The molecule has 2 saturated heterocycles. The number of nitrogens with zero attached hydrogens (tertiary/aromatic N) is 2. The van der Waals surface area contributed by atoms with E-state index in [1.54, 1.807) is 29.2 Å². The van der Waals surface area contributed by atoms with Crippen LogP contribution >= 0.6 is 0 Å². The van der Waals surface area contributed by atoms with Crippen molar-refractivity contribution in [2.75, 3.05) is 32.8 Å². The normalized spacial score (nSPS) is 21.6. The second-order valence-corrected chi connectivity index (χ2v) is 6.54. The first kappa shape index (κ1) is 17.0. The third kappa shape index (κ3) is 3.61. The molecule has 2 aliphatic heterocycles. The summed E-state index contributed by atoms with van der Waals surface area (Å²) in [5, 5.41) is 0. The van der Waals surface area contributed by atoms with Crippen molar-refractivity contribution in [1.29, 1.82) is 0 Å². The molecule has 5 heteroatoms. The van der Waals surface area contributed by atoms with E-state index in [-0.39, 0.29) is 11.8 Å². The second kappa shape index (κ2) is 7.79. The van der Waals surface area contributed by atoms with Crippen LogP contribution in [-0.4, -0.2) is 60.5 Å². The lowest BCUT2D eigenvalue weighted by Crippen LogP contribution is -2.43. The fourth-order valence-electron chi connectivity index (χ4n) is 3.56. The van der Waals surface area contributed by atoms with Gasteiger partial charge in [0.05, 0.1) is 13.2 Å². The van der Waals surface area contributed by atoms with E-state index < -0.39 is 0 Å². The van der Waals surface area contributed by atoms with Crippen LogP contribution in [0.15, 0.2) is 24.3 Å². The van der Waals surface area contributed by atoms with Gasteiger partial charge in [-0.1, -0.05) is 6.92 Å². The predicted molar refractivity (Wildman–Crippen MR) is 92.1 cm³/mol. The van der Waals surface area contributed by atoms with Gasteiger partial charge in [0.15, 0.2) is 0 Å².